The molecule has 0 radical (unpaired) electrons. The van der Waals surface area contributed by atoms with Crippen LogP contribution in [0.15, 0.2) is 0 Å². The number of rotatable bonds is 5. The maximum atomic E-state index is 12.7. The molecule has 1 rings (SSSR count). The van der Waals surface area contributed by atoms with Crippen molar-refractivity contribution in [2.45, 2.75) is 44.3 Å². The first-order valence-electron chi connectivity index (χ1n) is 6.34. The summed E-state index contributed by atoms with van der Waals surface area (Å²) in [6.45, 7) is 0. The molecule has 0 aromatic heterocycles. The maximum Gasteiger partial charge on any atom is 0.391 e. The lowest BCUT2D eigenvalue weighted by molar-refractivity contribution is -0.186. The number of hydrogen-bond acceptors (Lipinski definition) is 4. The Balaban J connectivity index is 2.60. The van der Waals surface area contributed by atoms with E-state index in [2.05, 4.69) is 5.43 Å². The molecule has 114 valence electrons. The Morgan fingerprint density at radius 2 is 2.00 bits per heavy atom. The molecule has 0 amide bonds. The topological polar surface area (TPSA) is 72.2 Å². The zero-order valence-corrected chi connectivity index (χ0v) is 11.7. The van der Waals surface area contributed by atoms with E-state index in [1.807, 2.05) is 0 Å². The minimum Gasteiger partial charge on any atom is -0.271 e. The van der Waals surface area contributed by atoms with Crippen LogP contribution in [0.5, 0.6) is 0 Å². The fourth-order valence-corrected chi connectivity index (χ4v) is 3.37. The third kappa shape index (κ3) is 5.66. The van der Waals surface area contributed by atoms with Gasteiger partial charge in [0, 0.05) is 12.3 Å². The van der Waals surface area contributed by atoms with Gasteiger partial charge in [0.1, 0.15) is 9.84 Å². The zero-order valence-electron chi connectivity index (χ0n) is 10.9. The Kier molecular flexibility index (Phi) is 5.64. The average molecular weight is 302 g/mol. The van der Waals surface area contributed by atoms with Crippen LogP contribution >= 0.6 is 0 Å². The molecular formula is C11H21F3N2O2S. The molecule has 1 saturated carbocycles. The van der Waals surface area contributed by atoms with Crippen molar-refractivity contribution in [3.63, 3.8) is 0 Å². The van der Waals surface area contributed by atoms with Crippen LogP contribution < -0.4 is 11.3 Å². The quantitative estimate of drug-likeness (QED) is 0.598. The highest BCUT2D eigenvalue weighted by Crippen LogP contribution is 2.41. The molecule has 0 saturated heterocycles. The highest BCUT2D eigenvalue weighted by molar-refractivity contribution is 7.90. The van der Waals surface area contributed by atoms with E-state index in [0.717, 1.165) is 6.26 Å². The summed E-state index contributed by atoms with van der Waals surface area (Å²) in [6, 6.07) is -0.375. The van der Waals surface area contributed by atoms with Crippen LogP contribution in [0.1, 0.15) is 32.1 Å². The van der Waals surface area contributed by atoms with Crippen LogP contribution in [0.4, 0.5) is 13.2 Å². The first kappa shape index (κ1) is 16.7. The van der Waals surface area contributed by atoms with Gasteiger partial charge in [0.15, 0.2) is 0 Å². The SMILES string of the molecule is CS(=O)(=O)CCC(NN)C1CCCC(C(F)(F)F)C1. The van der Waals surface area contributed by atoms with Crippen LogP contribution in [0.3, 0.4) is 0 Å². The van der Waals surface area contributed by atoms with Crippen molar-refractivity contribution < 1.29 is 21.6 Å². The predicted octanol–water partition coefficient (Wildman–Crippen LogP) is 1.62. The van der Waals surface area contributed by atoms with Crippen molar-refractivity contribution in [1.82, 2.24) is 5.43 Å². The number of hydrazine groups is 1. The van der Waals surface area contributed by atoms with Gasteiger partial charge in [0.05, 0.1) is 11.7 Å². The third-order valence-corrected chi connectivity index (χ3v) is 4.74. The van der Waals surface area contributed by atoms with Crippen molar-refractivity contribution in [3.8, 4) is 0 Å². The lowest BCUT2D eigenvalue weighted by atomic mass is 9.77. The molecule has 0 bridgehead atoms. The van der Waals surface area contributed by atoms with Crippen LogP contribution in [0, 0.1) is 11.8 Å². The lowest BCUT2D eigenvalue weighted by Crippen LogP contribution is -2.45. The van der Waals surface area contributed by atoms with E-state index < -0.39 is 21.9 Å². The fraction of sp³-hybridized carbons (Fsp3) is 1.00. The molecule has 0 aromatic rings. The van der Waals surface area contributed by atoms with Gasteiger partial charge in [-0.2, -0.15) is 13.2 Å². The van der Waals surface area contributed by atoms with Crippen LogP contribution in [-0.2, 0) is 9.84 Å². The van der Waals surface area contributed by atoms with E-state index in [-0.39, 0.29) is 37.0 Å². The summed E-state index contributed by atoms with van der Waals surface area (Å²) < 4.78 is 60.3. The first-order valence-corrected chi connectivity index (χ1v) is 8.40. The van der Waals surface area contributed by atoms with Crippen LogP contribution in [0.25, 0.3) is 0 Å². The molecule has 1 aliphatic rings. The maximum absolute atomic E-state index is 12.7. The second-order valence-electron chi connectivity index (χ2n) is 5.36. The molecule has 3 unspecified atom stereocenters. The second-order valence-corrected chi connectivity index (χ2v) is 7.62. The van der Waals surface area contributed by atoms with Gasteiger partial charge in [-0.1, -0.05) is 6.42 Å². The zero-order chi connectivity index (χ0) is 14.7. The van der Waals surface area contributed by atoms with E-state index in [4.69, 9.17) is 5.84 Å². The third-order valence-electron chi connectivity index (χ3n) is 3.76. The summed E-state index contributed by atoms with van der Waals surface area (Å²) in [7, 11) is -3.13. The van der Waals surface area contributed by atoms with Gasteiger partial charge in [-0.3, -0.25) is 11.3 Å². The van der Waals surface area contributed by atoms with E-state index in [1.165, 1.54) is 0 Å². The van der Waals surface area contributed by atoms with Crippen molar-refractivity contribution in [2.24, 2.45) is 17.7 Å². The number of halogens is 3. The number of hydrogen-bond donors (Lipinski definition) is 2. The van der Waals surface area contributed by atoms with Crippen LogP contribution in [-0.4, -0.2) is 32.6 Å². The smallest absolute Gasteiger partial charge is 0.271 e. The minimum atomic E-state index is -4.17. The molecule has 1 fully saturated rings. The van der Waals surface area contributed by atoms with E-state index >= 15 is 0 Å². The summed E-state index contributed by atoms with van der Waals surface area (Å²) in [5.74, 6) is 3.79. The van der Waals surface area contributed by atoms with Gasteiger partial charge in [-0.05, 0) is 31.6 Å². The Morgan fingerprint density at radius 1 is 1.37 bits per heavy atom. The molecule has 0 aromatic carbocycles. The normalized spacial score (nSPS) is 27.2. The number of nitrogens with two attached hydrogens (primary N) is 1. The Morgan fingerprint density at radius 3 is 2.47 bits per heavy atom. The van der Waals surface area contributed by atoms with Gasteiger partial charge in [0.2, 0.25) is 0 Å². The summed E-state index contributed by atoms with van der Waals surface area (Å²) in [5, 5.41) is 0. The van der Waals surface area contributed by atoms with E-state index in [0.29, 0.717) is 12.8 Å². The lowest BCUT2D eigenvalue weighted by Gasteiger charge is -2.35. The van der Waals surface area contributed by atoms with Crippen molar-refractivity contribution in [1.29, 1.82) is 0 Å². The summed E-state index contributed by atoms with van der Waals surface area (Å²) in [5.41, 5.74) is 2.48. The Hall–Kier alpha value is -0.340. The van der Waals surface area contributed by atoms with Crippen molar-refractivity contribution in [3.05, 3.63) is 0 Å². The summed E-state index contributed by atoms with van der Waals surface area (Å²) in [4.78, 5) is 0. The molecule has 8 heteroatoms. The Bertz CT molecular complexity index is 384. The standard InChI is InChI=1S/C11H21F3N2O2S/c1-19(17,18)6-5-10(16-15)8-3-2-4-9(7-8)11(12,13)14/h8-10,16H,2-7,15H2,1H3. The largest absolute Gasteiger partial charge is 0.391 e. The van der Waals surface area contributed by atoms with Crippen LogP contribution in [0.2, 0.25) is 0 Å². The molecule has 19 heavy (non-hydrogen) atoms. The minimum absolute atomic E-state index is 0.0299. The highest BCUT2D eigenvalue weighted by Gasteiger charge is 2.43. The Labute approximate surface area is 111 Å². The first-order chi connectivity index (χ1) is 8.63. The van der Waals surface area contributed by atoms with Gasteiger partial charge < -0.3 is 0 Å². The van der Waals surface area contributed by atoms with Crippen molar-refractivity contribution in [2.75, 3.05) is 12.0 Å². The monoisotopic (exact) mass is 302 g/mol. The summed E-state index contributed by atoms with van der Waals surface area (Å²) >= 11 is 0. The predicted molar refractivity (Wildman–Crippen MR) is 66.9 cm³/mol. The molecule has 0 spiro atoms. The van der Waals surface area contributed by atoms with Gasteiger partial charge in [-0.15, -0.1) is 0 Å². The summed E-state index contributed by atoms with van der Waals surface area (Å²) in [6.07, 6.45) is -1.46. The average Bonchev–Trinajstić information content (AvgIpc) is 2.27. The molecule has 4 nitrogen and oxygen atoms in total. The number of alkyl halides is 3. The molecule has 3 N–H and O–H groups in total. The molecule has 1 aliphatic carbocycles. The molecule has 0 aliphatic heterocycles. The molecule has 0 heterocycles. The number of nitrogens with one attached hydrogen (secondary N) is 1. The fourth-order valence-electron chi connectivity index (χ4n) is 2.69. The van der Waals surface area contributed by atoms with Gasteiger partial charge in [0.25, 0.3) is 0 Å². The number of sulfone groups is 1. The molecule has 3 atom stereocenters. The van der Waals surface area contributed by atoms with E-state index in [9.17, 15) is 21.6 Å². The van der Waals surface area contributed by atoms with Gasteiger partial charge in [-0.25, -0.2) is 8.42 Å². The highest BCUT2D eigenvalue weighted by atomic mass is 32.2. The van der Waals surface area contributed by atoms with Gasteiger partial charge >= 0.3 is 6.18 Å². The van der Waals surface area contributed by atoms with E-state index in [1.54, 1.807) is 0 Å². The second kappa shape index (κ2) is 6.41. The molecular weight excluding hydrogens is 281 g/mol. The van der Waals surface area contributed by atoms with Crippen molar-refractivity contribution >= 4 is 9.84 Å².